The van der Waals surface area contributed by atoms with Crippen LogP contribution in [0.5, 0.6) is 0 Å². The van der Waals surface area contributed by atoms with E-state index >= 15 is 0 Å². The number of piperidine rings is 1. The number of carbonyl (C=O) groups is 1. The number of rotatable bonds is 7. The highest BCUT2D eigenvalue weighted by atomic mass is 16.6. The summed E-state index contributed by atoms with van der Waals surface area (Å²) in [5, 5.41) is 6.79. The molecule has 2 N–H and O–H groups in total. The van der Waals surface area contributed by atoms with Crippen LogP contribution in [-0.4, -0.2) is 53.7 Å². The molecule has 0 unspecified atom stereocenters. The van der Waals surface area contributed by atoms with Crippen molar-refractivity contribution in [3.63, 3.8) is 0 Å². The van der Waals surface area contributed by atoms with Crippen molar-refractivity contribution in [3.05, 3.63) is 47.2 Å². The predicted molar refractivity (Wildman–Crippen MR) is 121 cm³/mol. The van der Waals surface area contributed by atoms with Crippen molar-refractivity contribution in [2.24, 2.45) is 0 Å². The fourth-order valence-electron chi connectivity index (χ4n) is 4.24. The first kappa shape index (κ1) is 21.5. The second-order valence-corrected chi connectivity index (χ2v) is 8.35. The molecule has 31 heavy (non-hydrogen) atoms. The summed E-state index contributed by atoms with van der Waals surface area (Å²) in [5.41, 5.74) is 3.31. The van der Waals surface area contributed by atoms with Crippen molar-refractivity contribution in [1.29, 1.82) is 0 Å². The molecule has 1 aromatic heterocycles. The summed E-state index contributed by atoms with van der Waals surface area (Å²) in [6, 6.07) is 9.43. The third-order valence-electron chi connectivity index (χ3n) is 6.17. The molecular weight excluding hydrogens is 392 g/mol. The number of aromatic nitrogens is 2. The Labute approximate surface area is 184 Å². The van der Waals surface area contributed by atoms with Crippen LogP contribution in [0.2, 0.25) is 0 Å². The molecule has 0 radical (unpaired) electrons. The number of nitrogens with zero attached hydrogens (tertiary/aromatic N) is 4. The van der Waals surface area contributed by atoms with Gasteiger partial charge in [-0.1, -0.05) is 24.3 Å². The topological polar surface area (TPSA) is 82.6 Å². The lowest BCUT2D eigenvalue weighted by atomic mass is 10.0. The van der Waals surface area contributed by atoms with Crippen molar-refractivity contribution in [2.75, 3.05) is 36.9 Å². The SMILES string of the molecule is CCN1C(=O)OCc2cnc(N[C@@H](C)c3ccc(CN(C)C4CCNCC4)cc3)nc21. The first-order valence-electron chi connectivity index (χ1n) is 11.1. The molecule has 2 aliphatic heterocycles. The second kappa shape index (κ2) is 9.62. The zero-order valence-electron chi connectivity index (χ0n) is 18.6. The van der Waals surface area contributed by atoms with E-state index in [9.17, 15) is 4.79 Å². The molecule has 0 spiro atoms. The zero-order chi connectivity index (χ0) is 21.8. The summed E-state index contributed by atoms with van der Waals surface area (Å²) in [5.74, 6) is 1.13. The third kappa shape index (κ3) is 4.97. The summed E-state index contributed by atoms with van der Waals surface area (Å²) in [7, 11) is 2.22. The van der Waals surface area contributed by atoms with Crippen LogP contribution in [0, 0.1) is 0 Å². The van der Waals surface area contributed by atoms with Crippen LogP contribution in [0.1, 0.15) is 49.4 Å². The van der Waals surface area contributed by atoms with Crippen molar-refractivity contribution < 1.29 is 9.53 Å². The summed E-state index contributed by atoms with van der Waals surface area (Å²) in [4.78, 5) is 25.0. The lowest BCUT2D eigenvalue weighted by Crippen LogP contribution is -2.40. The summed E-state index contributed by atoms with van der Waals surface area (Å²) >= 11 is 0. The molecule has 3 heterocycles. The normalized spacial score (nSPS) is 17.9. The smallest absolute Gasteiger partial charge is 0.415 e. The quantitative estimate of drug-likeness (QED) is 0.706. The Morgan fingerprint density at radius 2 is 2.03 bits per heavy atom. The van der Waals surface area contributed by atoms with Crippen molar-refractivity contribution in [1.82, 2.24) is 20.2 Å². The molecular formula is C23H32N6O2. The van der Waals surface area contributed by atoms with Gasteiger partial charge in [0.05, 0.1) is 11.6 Å². The van der Waals surface area contributed by atoms with Gasteiger partial charge in [-0.3, -0.25) is 9.80 Å². The maximum atomic E-state index is 12.0. The number of fused-ring (bicyclic) bond motifs is 1. The number of anilines is 2. The number of carbonyl (C=O) groups excluding carboxylic acids is 1. The molecule has 166 valence electrons. The van der Waals surface area contributed by atoms with Gasteiger partial charge in [-0.2, -0.15) is 4.98 Å². The highest BCUT2D eigenvalue weighted by molar-refractivity contribution is 5.89. The number of cyclic esters (lactones) is 1. The van der Waals surface area contributed by atoms with Gasteiger partial charge in [0, 0.05) is 25.3 Å². The molecule has 0 bridgehead atoms. The van der Waals surface area contributed by atoms with Crippen LogP contribution in [0.4, 0.5) is 16.6 Å². The van der Waals surface area contributed by atoms with E-state index < -0.39 is 0 Å². The highest BCUT2D eigenvalue weighted by Gasteiger charge is 2.26. The van der Waals surface area contributed by atoms with Crippen LogP contribution in [0.3, 0.4) is 0 Å². The molecule has 4 rings (SSSR count). The van der Waals surface area contributed by atoms with Crippen LogP contribution >= 0.6 is 0 Å². The average molecular weight is 425 g/mol. The van der Waals surface area contributed by atoms with Gasteiger partial charge in [-0.05, 0) is 58.0 Å². The minimum Gasteiger partial charge on any atom is -0.444 e. The molecule has 0 aliphatic carbocycles. The van der Waals surface area contributed by atoms with Crippen LogP contribution in [-0.2, 0) is 17.9 Å². The monoisotopic (exact) mass is 424 g/mol. The largest absolute Gasteiger partial charge is 0.444 e. The number of benzene rings is 1. The van der Waals surface area contributed by atoms with Crippen molar-refractivity contribution >= 4 is 17.9 Å². The summed E-state index contributed by atoms with van der Waals surface area (Å²) in [6.07, 6.45) is 3.79. The molecule has 2 aliphatic rings. The fraction of sp³-hybridized carbons (Fsp3) is 0.522. The van der Waals surface area contributed by atoms with Crippen LogP contribution in [0.25, 0.3) is 0 Å². The van der Waals surface area contributed by atoms with Gasteiger partial charge in [0.15, 0.2) is 0 Å². The van der Waals surface area contributed by atoms with Gasteiger partial charge in [0.1, 0.15) is 12.4 Å². The van der Waals surface area contributed by atoms with E-state index in [1.165, 1.54) is 28.9 Å². The first-order valence-corrected chi connectivity index (χ1v) is 11.1. The highest BCUT2D eigenvalue weighted by Crippen LogP contribution is 2.26. The molecule has 1 saturated heterocycles. The fourth-order valence-corrected chi connectivity index (χ4v) is 4.24. The van der Waals surface area contributed by atoms with Crippen molar-refractivity contribution in [2.45, 2.75) is 51.9 Å². The maximum absolute atomic E-state index is 12.0. The van der Waals surface area contributed by atoms with E-state index in [2.05, 4.69) is 63.7 Å². The Hall–Kier alpha value is -2.71. The number of ether oxygens (including phenoxy) is 1. The Balaban J connectivity index is 1.39. The summed E-state index contributed by atoms with van der Waals surface area (Å²) < 4.78 is 5.16. The first-order chi connectivity index (χ1) is 15.0. The maximum Gasteiger partial charge on any atom is 0.415 e. The molecule has 1 amide bonds. The van der Waals surface area contributed by atoms with E-state index in [0.29, 0.717) is 24.4 Å². The molecule has 8 nitrogen and oxygen atoms in total. The van der Waals surface area contributed by atoms with Gasteiger partial charge < -0.3 is 15.4 Å². The average Bonchev–Trinajstić information content (AvgIpc) is 2.80. The van der Waals surface area contributed by atoms with Gasteiger partial charge in [-0.25, -0.2) is 9.78 Å². The van der Waals surface area contributed by atoms with Gasteiger partial charge in [0.25, 0.3) is 0 Å². The van der Waals surface area contributed by atoms with E-state index in [-0.39, 0.29) is 18.7 Å². The summed E-state index contributed by atoms with van der Waals surface area (Å²) in [6.45, 7) is 7.89. The molecule has 1 atom stereocenters. The molecule has 2 aromatic rings. The van der Waals surface area contributed by atoms with Crippen LogP contribution in [0.15, 0.2) is 30.5 Å². The standard InChI is InChI=1S/C23H32N6O2/c1-4-29-21-19(15-31-23(29)30)13-25-22(27-21)26-16(2)18-7-5-17(6-8-18)14-28(3)20-9-11-24-12-10-20/h5-8,13,16,20,24H,4,9-12,14-15H2,1-3H3,(H,25,26,27)/t16-/m0/s1. The Bertz CT molecular complexity index is 897. The molecule has 1 aromatic carbocycles. The second-order valence-electron chi connectivity index (χ2n) is 8.35. The molecule has 8 heteroatoms. The van der Waals surface area contributed by atoms with Gasteiger partial charge in [-0.15, -0.1) is 0 Å². The number of hydrogen-bond acceptors (Lipinski definition) is 7. The zero-order valence-corrected chi connectivity index (χ0v) is 18.6. The van der Waals surface area contributed by atoms with E-state index in [0.717, 1.165) is 25.2 Å². The lowest BCUT2D eigenvalue weighted by molar-refractivity contribution is 0.141. The lowest BCUT2D eigenvalue weighted by Gasteiger charge is -2.31. The number of amides is 1. The Morgan fingerprint density at radius 1 is 1.29 bits per heavy atom. The predicted octanol–water partition coefficient (Wildman–Crippen LogP) is 3.31. The van der Waals surface area contributed by atoms with E-state index in [1.807, 2.05) is 6.92 Å². The van der Waals surface area contributed by atoms with E-state index in [1.54, 1.807) is 6.20 Å². The minimum atomic E-state index is -0.363. The number of nitrogens with one attached hydrogen (secondary N) is 2. The van der Waals surface area contributed by atoms with Crippen LogP contribution < -0.4 is 15.5 Å². The minimum absolute atomic E-state index is 0.0415. The molecule has 0 saturated carbocycles. The molecule has 1 fully saturated rings. The van der Waals surface area contributed by atoms with Crippen molar-refractivity contribution in [3.8, 4) is 0 Å². The van der Waals surface area contributed by atoms with E-state index in [4.69, 9.17) is 4.74 Å². The Morgan fingerprint density at radius 3 is 2.74 bits per heavy atom. The number of hydrogen-bond donors (Lipinski definition) is 2. The van der Waals surface area contributed by atoms with Gasteiger partial charge in [0.2, 0.25) is 5.95 Å². The Kier molecular flexibility index (Phi) is 6.67. The van der Waals surface area contributed by atoms with Gasteiger partial charge >= 0.3 is 6.09 Å². The third-order valence-corrected chi connectivity index (χ3v) is 6.17.